The van der Waals surface area contributed by atoms with Crippen LogP contribution < -0.4 is 0 Å². The lowest BCUT2D eigenvalue weighted by Crippen LogP contribution is -2.31. The number of carbonyl (C=O) groups is 1. The van der Waals surface area contributed by atoms with E-state index in [-0.39, 0.29) is 12.0 Å². The zero-order valence-corrected chi connectivity index (χ0v) is 12.8. The van der Waals surface area contributed by atoms with Crippen LogP contribution in [0.1, 0.15) is 23.5 Å². The van der Waals surface area contributed by atoms with Gasteiger partial charge in [-0.05, 0) is 28.7 Å². The highest BCUT2D eigenvalue weighted by Crippen LogP contribution is 2.44. The van der Waals surface area contributed by atoms with Crippen molar-refractivity contribution < 1.29 is 14.6 Å². The Morgan fingerprint density at radius 3 is 2.26 bits per heavy atom. The Morgan fingerprint density at radius 2 is 1.70 bits per heavy atom. The van der Waals surface area contributed by atoms with Gasteiger partial charge in [-0.1, -0.05) is 48.5 Å². The lowest BCUT2D eigenvalue weighted by molar-refractivity contribution is 0.100. The minimum Gasteiger partial charge on any atom is -0.448 e. The summed E-state index contributed by atoms with van der Waals surface area (Å²) < 4.78 is 5.55. The molecule has 4 rings (SSSR count). The van der Waals surface area contributed by atoms with Crippen LogP contribution in [0.4, 0.5) is 4.79 Å². The second kappa shape index (κ2) is 5.70. The fourth-order valence-corrected chi connectivity index (χ4v) is 3.59. The normalized spacial score (nSPS) is 19.5. The van der Waals surface area contributed by atoms with Crippen LogP contribution in [-0.2, 0) is 4.74 Å². The van der Waals surface area contributed by atoms with Gasteiger partial charge >= 0.3 is 6.09 Å². The van der Waals surface area contributed by atoms with Gasteiger partial charge in [-0.15, -0.1) is 0 Å². The molecular weight excluding hydrogens is 290 g/mol. The first-order valence-electron chi connectivity index (χ1n) is 8.02. The van der Waals surface area contributed by atoms with Crippen molar-refractivity contribution >= 4 is 6.09 Å². The molecule has 0 spiro atoms. The summed E-state index contributed by atoms with van der Waals surface area (Å²) in [5.41, 5.74) is 4.87. The van der Waals surface area contributed by atoms with E-state index in [0.717, 1.165) is 0 Å². The summed E-state index contributed by atoms with van der Waals surface area (Å²) in [4.78, 5) is 13.7. The summed E-state index contributed by atoms with van der Waals surface area (Å²) in [6.45, 7) is 1.27. The topological polar surface area (TPSA) is 49.8 Å². The molecule has 2 aromatic rings. The number of aliphatic hydroxyl groups excluding tert-OH is 1. The van der Waals surface area contributed by atoms with Crippen LogP contribution in [0.15, 0.2) is 48.5 Å². The molecule has 23 heavy (non-hydrogen) atoms. The van der Waals surface area contributed by atoms with Gasteiger partial charge in [0.2, 0.25) is 0 Å². The molecule has 2 aromatic carbocycles. The van der Waals surface area contributed by atoms with Crippen LogP contribution in [0.25, 0.3) is 11.1 Å². The van der Waals surface area contributed by atoms with Crippen molar-refractivity contribution in [1.82, 2.24) is 4.90 Å². The average molecular weight is 309 g/mol. The Balaban J connectivity index is 1.54. The highest BCUT2D eigenvalue weighted by Gasteiger charge is 2.31. The number of likely N-dealkylation sites (tertiary alicyclic amines) is 1. The van der Waals surface area contributed by atoms with Gasteiger partial charge in [-0.2, -0.15) is 0 Å². The molecule has 4 nitrogen and oxygen atoms in total. The zero-order chi connectivity index (χ0) is 15.8. The molecule has 0 aromatic heterocycles. The number of benzene rings is 2. The van der Waals surface area contributed by atoms with Crippen LogP contribution >= 0.6 is 0 Å². The van der Waals surface area contributed by atoms with Gasteiger partial charge in [0.25, 0.3) is 0 Å². The third-order valence-electron chi connectivity index (χ3n) is 4.76. The fraction of sp³-hybridized carbons (Fsp3) is 0.316. The van der Waals surface area contributed by atoms with Crippen molar-refractivity contribution in [3.05, 3.63) is 59.7 Å². The smallest absolute Gasteiger partial charge is 0.409 e. The number of carbonyl (C=O) groups excluding carboxylic acids is 1. The molecule has 1 N–H and O–H groups in total. The van der Waals surface area contributed by atoms with E-state index in [0.29, 0.717) is 26.1 Å². The molecule has 0 radical (unpaired) electrons. The van der Waals surface area contributed by atoms with Crippen molar-refractivity contribution in [2.24, 2.45) is 0 Å². The van der Waals surface area contributed by atoms with Crippen molar-refractivity contribution in [2.45, 2.75) is 18.4 Å². The minimum absolute atomic E-state index is 0.0823. The molecule has 1 saturated heterocycles. The van der Waals surface area contributed by atoms with Gasteiger partial charge in [0.1, 0.15) is 6.61 Å². The van der Waals surface area contributed by atoms with E-state index in [1.54, 1.807) is 4.90 Å². The molecule has 4 heteroatoms. The zero-order valence-electron chi connectivity index (χ0n) is 12.8. The Morgan fingerprint density at radius 1 is 1.09 bits per heavy atom. The maximum absolute atomic E-state index is 12.2. The molecule has 1 atom stereocenters. The number of rotatable bonds is 2. The first-order valence-corrected chi connectivity index (χ1v) is 8.02. The fourth-order valence-electron chi connectivity index (χ4n) is 3.59. The van der Waals surface area contributed by atoms with Crippen LogP contribution in [-0.4, -0.2) is 41.9 Å². The van der Waals surface area contributed by atoms with E-state index in [2.05, 4.69) is 24.3 Å². The minimum atomic E-state index is -0.421. The van der Waals surface area contributed by atoms with Gasteiger partial charge in [0.05, 0.1) is 6.10 Å². The van der Waals surface area contributed by atoms with Gasteiger partial charge in [0, 0.05) is 19.0 Å². The first-order chi connectivity index (χ1) is 11.2. The average Bonchev–Trinajstić information content (AvgIpc) is 3.15. The Hall–Kier alpha value is -2.33. The molecule has 0 unspecified atom stereocenters. The summed E-state index contributed by atoms with van der Waals surface area (Å²) in [7, 11) is 0. The molecule has 2 aliphatic rings. The van der Waals surface area contributed by atoms with Crippen LogP contribution in [0, 0.1) is 0 Å². The van der Waals surface area contributed by atoms with Crippen molar-refractivity contribution in [1.29, 1.82) is 0 Å². The molecule has 118 valence electrons. The summed E-state index contributed by atoms with van der Waals surface area (Å²) in [6.07, 6.45) is -0.122. The van der Waals surface area contributed by atoms with Crippen molar-refractivity contribution in [3.63, 3.8) is 0 Å². The lowest BCUT2D eigenvalue weighted by atomic mass is 9.98. The predicted molar refractivity (Wildman–Crippen MR) is 87.3 cm³/mol. The monoisotopic (exact) mass is 309 g/mol. The first kappa shape index (κ1) is 14.3. The van der Waals surface area contributed by atoms with E-state index in [4.69, 9.17) is 4.74 Å². The number of β-amino-alcohol motifs (C(OH)–C–C–N with tert-alkyl or cyclic N) is 1. The van der Waals surface area contributed by atoms with E-state index in [1.807, 2.05) is 24.3 Å². The molecule has 1 aliphatic heterocycles. The van der Waals surface area contributed by atoms with Crippen LogP contribution in [0.3, 0.4) is 0 Å². The van der Waals surface area contributed by atoms with Crippen molar-refractivity contribution in [3.8, 4) is 11.1 Å². The Bertz CT molecular complexity index is 697. The number of nitrogens with zero attached hydrogens (tertiary/aromatic N) is 1. The summed E-state index contributed by atoms with van der Waals surface area (Å²) in [6, 6.07) is 16.6. The molecule has 1 heterocycles. The molecule has 1 amide bonds. The molecular formula is C19H19NO3. The molecule has 0 bridgehead atoms. The maximum Gasteiger partial charge on any atom is 0.409 e. The highest BCUT2D eigenvalue weighted by atomic mass is 16.6. The summed E-state index contributed by atoms with van der Waals surface area (Å²) >= 11 is 0. The number of ether oxygens (including phenoxy) is 1. The Kier molecular flexibility index (Phi) is 3.54. The van der Waals surface area contributed by atoms with E-state index in [9.17, 15) is 9.90 Å². The number of fused-ring (bicyclic) bond motifs is 3. The number of hydrogen-bond acceptors (Lipinski definition) is 3. The standard InChI is InChI=1S/C19H19NO3/c21-13-9-10-20(11-13)19(22)23-12-18-16-7-3-1-5-14(16)15-6-2-4-8-17(15)18/h1-8,13,18,21H,9-12H2/t13-/m1/s1. The predicted octanol–water partition coefficient (Wildman–Crippen LogP) is 3.00. The van der Waals surface area contributed by atoms with E-state index < -0.39 is 6.10 Å². The van der Waals surface area contributed by atoms with Gasteiger partial charge in [-0.3, -0.25) is 0 Å². The third-order valence-corrected chi connectivity index (χ3v) is 4.76. The SMILES string of the molecule is O=C(OCC1c2ccccc2-c2ccccc21)N1CC[C@@H](O)C1. The second-order valence-electron chi connectivity index (χ2n) is 6.19. The number of hydrogen-bond donors (Lipinski definition) is 1. The quantitative estimate of drug-likeness (QED) is 0.928. The number of amides is 1. The van der Waals surface area contributed by atoms with Gasteiger partial charge < -0.3 is 14.7 Å². The van der Waals surface area contributed by atoms with Gasteiger partial charge in [-0.25, -0.2) is 4.79 Å². The third kappa shape index (κ3) is 2.49. The lowest BCUT2D eigenvalue weighted by Gasteiger charge is -2.18. The van der Waals surface area contributed by atoms with E-state index in [1.165, 1.54) is 22.3 Å². The second-order valence-corrected chi connectivity index (χ2v) is 6.19. The summed E-state index contributed by atoms with van der Waals surface area (Å²) in [5.74, 6) is 0.0823. The summed E-state index contributed by atoms with van der Waals surface area (Å²) in [5, 5.41) is 9.54. The largest absolute Gasteiger partial charge is 0.448 e. The van der Waals surface area contributed by atoms with Crippen LogP contribution in [0.2, 0.25) is 0 Å². The van der Waals surface area contributed by atoms with Crippen LogP contribution in [0.5, 0.6) is 0 Å². The number of aliphatic hydroxyl groups is 1. The molecule has 1 fully saturated rings. The highest BCUT2D eigenvalue weighted by molar-refractivity contribution is 5.79. The maximum atomic E-state index is 12.2. The molecule has 0 saturated carbocycles. The molecule has 1 aliphatic carbocycles. The van der Waals surface area contributed by atoms with Gasteiger partial charge in [0.15, 0.2) is 0 Å². The Labute approximate surface area is 135 Å². The van der Waals surface area contributed by atoms with E-state index >= 15 is 0 Å². The van der Waals surface area contributed by atoms with Crippen molar-refractivity contribution in [2.75, 3.05) is 19.7 Å².